The number of aromatic nitrogens is 12. The van der Waals surface area contributed by atoms with Crippen molar-refractivity contribution in [2.45, 2.75) is 49.9 Å². The number of halogens is 8. The molecule has 9 N–H and O–H groups in total. The van der Waals surface area contributed by atoms with E-state index >= 15 is 0 Å². The van der Waals surface area contributed by atoms with Gasteiger partial charge < -0.3 is 27.8 Å². The minimum Gasteiger partial charge on any atom is -0.385 e. The average molecular weight is 1160 g/mol. The normalized spacial score (nSPS) is 16.4. The average Bonchev–Trinajstić information content (AvgIpc) is 4.04. The van der Waals surface area contributed by atoms with Crippen molar-refractivity contribution in [2.24, 2.45) is 26.9 Å². The van der Waals surface area contributed by atoms with Crippen molar-refractivity contribution in [3.8, 4) is 0 Å². The fourth-order valence-electron chi connectivity index (χ4n) is 8.12. The van der Waals surface area contributed by atoms with E-state index < -0.39 is 29.1 Å². The Morgan fingerprint density at radius 2 is 1.14 bits per heavy atom. The van der Waals surface area contributed by atoms with Crippen molar-refractivity contribution in [1.82, 2.24) is 57.7 Å². The number of fused-ring (bicyclic) bond motifs is 4. The number of hydrogen-bond acceptors (Lipinski definition) is 15. The number of anilines is 4. The number of nitrogens with zero attached hydrogens (tertiary/aromatic N) is 11. The lowest BCUT2D eigenvalue weighted by Crippen LogP contribution is -2.41. The minimum atomic E-state index is -0.462. The van der Waals surface area contributed by atoms with Gasteiger partial charge in [-0.3, -0.25) is 27.8 Å². The van der Waals surface area contributed by atoms with Crippen LogP contribution in [0.5, 0.6) is 0 Å². The molecule has 10 aromatic rings. The molecule has 0 aliphatic heterocycles. The number of hydrogen-bond donors (Lipinski definition) is 6. The summed E-state index contributed by atoms with van der Waals surface area (Å²) in [4.78, 5) is 61.5. The van der Waals surface area contributed by atoms with Gasteiger partial charge in [-0.15, -0.1) is 12.4 Å². The maximum Gasteiger partial charge on any atom is 0.330 e. The van der Waals surface area contributed by atoms with Crippen LogP contribution in [0, 0.1) is 34.9 Å². The van der Waals surface area contributed by atoms with Gasteiger partial charge >= 0.3 is 17.1 Å². The lowest BCUT2D eigenvalue weighted by atomic mass is 9.86. The molecule has 12 rings (SSSR count). The second kappa shape index (κ2) is 23.4. The lowest BCUT2D eigenvalue weighted by Gasteiger charge is -2.36. The van der Waals surface area contributed by atoms with Gasteiger partial charge in [0.2, 0.25) is 0 Å². The quantitative estimate of drug-likeness (QED) is 0.0930. The van der Waals surface area contributed by atoms with E-state index in [1.54, 1.807) is 43.4 Å². The van der Waals surface area contributed by atoms with E-state index in [9.17, 15) is 40.7 Å². The van der Waals surface area contributed by atoms with E-state index in [4.69, 9.17) is 17.2 Å². The maximum atomic E-state index is 13.4. The summed E-state index contributed by atoms with van der Waals surface area (Å²) >= 11 is 4.43. The van der Waals surface area contributed by atoms with Crippen LogP contribution < -0.4 is 44.9 Å². The van der Waals surface area contributed by atoms with E-state index in [0.717, 1.165) is 72.0 Å². The van der Waals surface area contributed by atoms with Crippen LogP contribution in [0.1, 0.15) is 37.8 Å². The number of nitrogens with two attached hydrogens (primary N) is 3. The second-order valence-corrected chi connectivity index (χ2v) is 19.2. The first-order valence-electron chi connectivity index (χ1n) is 22.6. The fourth-order valence-corrected chi connectivity index (χ4v) is 9.41. The third-order valence-electron chi connectivity index (χ3n) is 12.2. The van der Waals surface area contributed by atoms with Gasteiger partial charge in [-0.2, -0.15) is 0 Å². The molecule has 2 saturated carbocycles. The number of nitrogens with one attached hydrogen (secondary N) is 3. The van der Waals surface area contributed by atoms with Crippen LogP contribution in [0.3, 0.4) is 0 Å². The highest BCUT2D eigenvalue weighted by Gasteiger charge is 2.34. The van der Waals surface area contributed by atoms with Crippen molar-refractivity contribution in [3.63, 3.8) is 0 Å². The Kier molecular flexibility index (Phi) is 17.2. The van der Waals surface area contributed by atoms with Crippen LogP contribution in [0.2, 0.25) is 0 Å². The highest BCUT2D eigenvalue weighted by molar-refractivity contribution is 9.10. The number of H-pyrrole nitrogens is 1. The Labute approximate surface area is 444 Å². The van der Waals surface area contributed by atoms with Crippen molar-refractivity contribution >= 4 is 106 Å². The molecular weight excluding hydrogens is 1110 g/mol. The predicted molar refractivity (Wildman–Crippen MR) is 284 cm³/mol. The molecule has 9 heterocycles. The number of imidazole rings is 3. The van der Waals surface area contributed by atoms with E-state index in [1.165, 1.54) is 67.5 Å². The minimum absolute atomic E-state index is 0. The van der Waals surface area contributed by atoms with E-state index in [-0.39, 0.29) is 59.5 Å². The van der Waals surface area contributed by atoms with Crippen molar-refractivity contribution in [1.29, 1.82) is 0 Å². The molecule has 0 spiro atoms. The third-order valence-corrected chi connectivity index (χ3v) is 13.8. The summed E-state index contributed by atoms with van der Waals surface area (Å²) in [5.74, 6) is -1.79. The van der Waals surface area contributed by atoms with E-state index in [1.807, 2.05) is 0 Å². The molecule has 1 aromatic carbocycles. The zero-order chi connectivity index (χ0) is 54.0. The Morgan fingerprint density at radius 3 is 1.67 bits per heavy atom. The molecule has 0 saturated heterocycles. The number of nitrogen functional groups attached to an aromatic ring is 2. The first-order valence-corrected chi connectivity index (χ1v) is 24.2. The van der Waals surface area contributed by atoms with Crippen LogP contribution >= 0.6 is 39.7 Å². The Balaban J connectivity index is 0.000000148. The third kappa shape index (κ3) is 12.1. The maximum absolute atomic E-state index is 13.4. The smallest absolute Gasteiger partial charge is 0.330 e. The van der Waals surface area contributed by atoms with Gasteiger partial charge in [0.05, 0.1) is 67.9 Å². The molecule has 2 fully saturated rings. The van der Waals surface area contributed by atoms with Gasteiger partial charge in [-0.1, -0.05) is 11.3 Å². The highest BCUT2D eigenvalue weighted by Crippen LogP contribution is 2.37. The summed E-state index contributed by atoms with van der Waals surface area (Å²) in [6.45, 7) is 0. The molecule has 2 aliphatic rings. The topological polar surface area (TPSA) is 271 Å². The lowest BCUT2D eigenvalue weighted by molar-refractivity contribution is 0.264. The standard InChI is InChI=1S/C18H15F2N5OS.C11H13FN4O.C7H6FN3O.C6H8FN3.C5H4BrFN2.ClH/c1-24-14-4-10(20)8-21-16(14)25(18(24)26)12-6-11(7-12)22-17-23-13-3-2-9(19)5-15(13)27-17;1-15-9-2-6(12)5-14-10(9)16(11(15)17)8-3-7(13)4-8;1-11-5-2-4(8)3-9-6(5)10-7(11)12;1-9-5-2-4(7)3-10-6(5)8;6-4-1-3(7)2-9-5(4)8;/h2-5,8,11-12H,6-7H2,1H3,(H,22,23);2,5,7-8H,3-4,13H2,1H3;2-3H,1H3,(H,9,10,12);2-3,9H,1H3,(H2,8,10);1-2H,(H2,8,9);1H. The molecule has 20 nitrogen and oxygen atoms in total. The summed E-state index contributed by atoms with van der Waals surface area (Å²) < 4.78 is 85.8. The predicted octanol–water partition coefficient (Wildman–Crippen LogP) is 7.21. The first kappa shape index (κ1) is 55.9. The first-order chi connectivity index (χ1) is 35.7. The van der Waals surface area contributed by atoms with Gasteiger partial charge in [0.25, 0.3) is 0 Å². The van der Waals surface area contributed by atoms with Gasteiger partial charge in [0.15, 0.2) is 22.1 Å². The van der Waals surface area contributed by atoms with Crippen LogP contribution in [0.25, 0.3) is 43.7 Å². The van der Waals surface area contributed by atoms with E-state index in [0.29, 0.717) is 55.3 Å². The zero-order valence-electron chi connectivity index (χ0n) is 40.5. The summed E-state index contributed by atoms with van der Waals surface area (Å²) in [7, 11) is 6.47. The Bertz CT molecular complexity index is 3910. The van der Waals surface area contributed by atoms with Crippen molar-refractivity contribution in [3.05, 3.63) is 150 Å². The molecule has 0 radical (unpaired) electrons. The number of aromatic amines is 1. The molecule has 0 bridgehead atoms. The van der Waals surface area contributed by atoms with Crippen molar-refractivity contribution in [2.75, 3.05) is 29.1 Å². The van der Waals surface area contributed by atoms with Crippen LogP contribution in [-0.4, -0.2) is 76.9 Å². The molecule has 29 heteroatoms. The summed E-state index contributed by atoms with van der Waals surface area (Å²) in [5.41, 5.74) is 19.9. The molecule has 2 aliphatic carbocycles. The van der Waals surface area contributed by atoms with E-state index in [2.05, 4.69) is 61.5 Å². The molecule has 0 atom stereocenters. The Morgan fingerprint density at radius 1 is 0.645 bits per heavy atom. The number of pyridine rings is 5. The number of thiazole rings is 1. The number of rotatable bonds is 5. The molecule has 0 unspecified atom stereocenters. The number of benzene rings is 1. The summed E-state index contributed by atoms with van der Waals surface area (Å²) in [5, 5.41) is 6.80. The number of aryl methyl sites for hydroxylation is 3. The monoisotopic (exact) mass is 1160 g/mol. The molecule has 0 amide bonds. The summed E-state index contributed by atoms with van der Waals surface area (Å²) in [6.07, 6.45) is 8.51. The molecule has 9 aromatic heterocycles. The van der Waals surface area contributed by atoms with Gasteiger partial charge in [-0.25, -0.2) is 70.6 Å². The van der Waals surface area contributed by atoms with Crippen LogP contribution in [0.15, 0.2) is 98.4 Å². The van der Waals surface area contributed by atoms with Crippen molar-refractivity contribution < 1.29 is 26.3 Å². The zero-order valence-corrected chi connectivity index (χ0v) is 43.7. The Hall–Kier alpha value is -7.82. The van der Waals surface area contributed by atoms with Gasteiger partial charge in [0, 0.05) is 76.6 Å². The molecule has 400 valence electrons. The summed E-state index contributed by atoms with van der Waals surface area (Å²) in [6, 6.07) is 11.4. The highest BCUT2D eigenvalue weighted by atomic mass is 79.9. The molecule has 76 heavy (non-hydrogen) atoms. The largest absolute Gasteiger partial charge is 0.385 e. The van der Waals surface area contributed by atoms with Crippen LogP contribution in [0.4, 0.5) is 48.8 Å². The van der Waals surface area contributed by atoms with Crippen LogP contribution in [-0.2, 0) is 21.1 Å². The fraction of sp³-hybridized carbons (Fsp3) is 0.255. The van der Waals surface area contributed by atoms with Gasteiger partial charge in [0.1, 0.15) is 46.5 Å². The van der Waals surface area contributed by atoms with Gasteiger partial charge in [-0.05, 0) is 65.9 Å². The SMILES string of the molecule is CNc1cc(F)cnc1N.Cl.Cn1c(=O)[nH]c2ncc(F)cc21.Cn1c(=O)n(C2CC(N)C2)c2ncc(F)cc21.Cn1c(=O)n(C2CC(Nc3nc4ccc(F)cc4s3)C2)c2ncc(F)cc21.Nc1ncc(F)cc1Br. The molecular formula is C47H47BrClF6N17O3S. The second-order valence-electron chi connectivity index (χ2n) is 17.3.